The Morgan fingerprint density at radius 1 is 1.08 bits per heavy atom. The third-order valence-corrected chi connectivity index (χ3v) is 7.37. The molecule has 0 unspecified atom stereocenters. The van der Waals surface area contributed by atoms with Crippen LogP contribution in [0.1, 0.15) is 50.4 Å². The molecule has 0 aliphatic carbocycles. The van der Waals surface area contributed by atoms with Crippen molar-refractivity contribution in [3.8, 4) is 6.07 Å². The summed E-state index contributed by atoms with van der Waals surface area (Å²) in [7, 11) is 0. The number of benzene rings is 2. The Labute approximate surface area is 222 Å². The van der Waals surface area contributed by atoms with Gasteiger partial charge in [0.25, 0.3) is 0 Å². The van der Waals surface area contributed by atoms with Gasteiger partial charge in [0.2, 0.25) is 0 Å². The van der Waals surface area contributed by atoms with E-state index in [1.807, 2.05) is 62.3 Å². The standard InChI is InChI=1S/C29H31N5O2S/c1-29(2,3)36-28(35)34-21-13-14-22(34)18-33(17-21)26-24(16-30)25(31-27(32-26)37-4)15-12-20-10-7-9-19-8-5-6-11-23(19)20/h5-12,15,21-22H,13-14,17-18H2,1-4H3/b15-12+/t21-,22+. The van der Waals surface area contributed by atoms with Crippen molar-refractivity contribution in [1.29, 1.82) is 5.26 Å². The van der Waals surface area contributed by atoms with Crippen molar-refractivity contribution in [3.63, 3.8) is 0 Å². The fourth-order valence-corrected chi connectivity index (χ4v) is 5.61. The van der Waals surface area contributed by atoms with Crippen LogP contribution in [0.25, 0.3) is 22.9 Å². The second-order valence-electron chi connectivity index (χ2n) is 10.5. The minimum atomic E-state index is -0.535. The van der Waals surface area contributed by atoms with Crippen molar-refractivity contribution in [3.05, 3.63) is 59.3 Å². The summed E-state index contributed by atoms with van der Waals surface area (Å²) in [5.41, 5.74) is 1.59. The van der Waals surface area contributed by atoms with Gasteiger partial charge in [0.15, 0.2) is 11.0 Å². The third kappa shape index (κ3) is 5.14. The molecule has 2 bridgehead atoms. The zero-order chi connectivity index (χ0) is 26.2. The van der Waals surface area contributed by atoms with E-state index in [0.717, 1.165) is 29.2 Å². The molecular formula is C29H31N5O2S. The van der Waals surface area contributed by atoms with Gasteiger partial charge in [0.1, 0.15) is 17.2 Å². The maximum absolute atomic E-state index is 12.9. The third-order valence-electron chi connectivity index (χ3n) is 6.82. The van der Waals surface area contributed by atoms with E-state index in [9.17, 15) is 10.1 Å². The molecule has 0 spiro atoms. The molecule has 8 heteroatoms. The van der Waals surface area contributed by atoms with E-state index in [2.05, 4.69) is 40.2 Å². The first-order chi connectivity index (χ1) is 17.8. The Morgan fingerprint density at radius 3 is 2.46 bits per heavy atom. The topological polar surface area (TPSA) is 82.4 Å². The average molecular weight is 514 g/mol. The maximum Gasteiger partial charge on any atom is 0.410 e. The van der Waals surface area contributed by atoms with Gasteiger partial charge in [-0.1, -0.05) is 60.3 Å². The molecule has 2 aliphatic heterocycles. The summed E-state index contributed by atoms with van der Waals surface area (Å²) in [6.45, 7) is 6.89. The second-order valence-corrected chi connectivity index (χ2v) is 11.3. The molecule has 1 amide bonds. The van der Waals surface area contributed by atoms with Crippen molar-refractivity contribution in [1.82, 2.24) is 14.9 Å². The van der Waals surface area contributed by atoms with E-state index in [1.165, 1.54) is 11.8 Å². The molecule has 2 saturated heterocycles. The lowest BCUT2D eigenvalue weighted by Crippen LogP contribution is -2.57. The van der Waals surface area contributed by atoms with Crippen LogP contribution in [0.4, 0.5) is 10.6 Å². The molecule has 0 radical (unpaired) electrons. The van der Waals surface area contributed by atoms with Crippen molar-refractivity contribution in [2.45, 2.75) is 56.5 Å². The smallest absolute Gasteiger partial charge is 0.410 e. The highest BCUT2D eigenvalue weighted by atomic mass is 32.2. The number of aromatic nitrogens is 2. The molecule has 7 nitrogen and oxygen atoms in total. The maximum atomic E-state index is 12.9. The molecular weight excluding hydrogens is 482 g/mol. The van der Waals surface area contributed by atoms with Crippen LogP contribution in [-0.4, -0.2) is 58.0 Å². The normalized spacial score (nSPS) is 19.4. The molecule has 2 fully saturated rings. The van der Waals surface area contributed by atoms with Gasteiger partial charge in [-0.15, -0.1) is 0 Å². The van der Waals surface area contributed by atoms with Crippen LogP contribution in [-0.2, 0) is 4.74 Å². The minimum Gasteiger partial charge on any atom is -0.444 e. The Balaban J connectivity index is 1.46. The monoisotopic (exact) mass is 513 g/mol. The highest BCUT2D eigenvalue weighted by Gasteiger charge is 2.45. The van der Waals surface area contributed by atoms with Crippen LogP contribution in [0.3, 0.4) is 0 Å². The number of fused-ring (bicyclic) bond motifs is 3. The fourth-order valence-electron chi connectivity index (χ4n) is 5.25. The Kier molecular flexibility index (Phi) is 6.82. The number of thioether (sulfide) groups is 1. The van der Waals surface area contributed by atoms with Crippen LogP contribution >= 0.6 is 11.8 Å². The summed E-state index contributed by atoms with van der Waals surface area (Å²) in [6, 6.07) is 16.9. The number of hydrogen-bond donors (Lipinski definition) is 0. The first kappa shape index (κ1) is 25.1. The number of anilines is 1. The average Bonchev–Trinajstić information content (AvgIpc) is 3.15. The van der Waals surface area contributed by atoms with Crippen molar-refractivity contribution in [2.24, 2.45) is 0 Å². The molecule has 3 aromatic rings. The van der Waals surface area contributed by atoms with Gasteiger partial charge in [-0.3, -0.25) is 4.90 Å². The lowest BCUT2D eigenvalue weighted by molar-refractivity contribution is 0.0122. The predicted molar refractivity (Wildman–Crippen MR) is 148 cm³/mol. The molecule has 1 aromatic heterocycles. The number of piperazine rings is 1. The Hall–Kier alpha value is -3.57. The molecule has 5 rings (SSSR count). The summed E-state index contributed by atoms with van der Waals surface area (Å²) in [5.74, 6) is 0.639. The number of hydrogen-bond acceptors (Lipinski definition) is 7. The van der Waals surface area contributed by atoms with Gasteiger partial charge in [-0.05, 0) is 62.3 Å². The van der Waals surface area contributed by atoms with Crippen LogP contribution < -0.4 is 4.90 Å². The molecule has 0 N–H and O–H groups in total. The van der Waals surface area contributed by atoms with Crippen molar-refractivity contribution < 1.29 is 9.53 Å². The Morgan fingerprint density at radius 2 is 1.78 bits per heavy atom. The lowest BCUT2D eigenvalue weighted by Gasteiger charge is -2.42. The van der Waals surface area contributed by atoms with Crippen LogP contribution in [0.15, 0.2) is 47.6 Å². The van der Waals surface area contributed by atoms with E-state index in [0.29, 0.717) is 35.3 Å². The Bertz CT molecular complexity index is 1390. The second kappa shape index (κ2) is 10.1. The number of ether oxygens (including phenoxy) is 1. The predicted octanol–water partition coefficient (Wildman–Crippen LogP) is 5.98. The number of rotatable bonds is 4. The highest BCUT2D eigenvalue weighted by Crippen LogP contribution is 2.35. The van der Waals surface area contributed by atoms with Gasteiger partial charge >= 0.3 is 6.09 Å². The van der Waals surface area contributed by atoms with Crippen LogP contribution in [0.2, 0.25) is 0 Å². The number of amides is 1. The fraction of sp³-hybridized carbons (Fsp3) is 0.379. The van der Waals surface area contributed by atoms with Gasteiger partial charge in [0, 0.05) is 13.1 Å². The first-order valence-corrected chi connectivity index (χ1v) is 13.8. The SMILES string of the molecule is CSc1nc(/C=C/c2cccc3ccccc23)c(C#N)c(N2C[C@H]3CC[C@@H](C2)N3C(=O)OC(C)(C)C)n1. The number of nitriles is 1. The van der Waals surface area contributed by atoms with Crippen LogP contribution in [0.5, 0.6) is 0 Å². The van der Waals surface area contributed by atoms with Gasteiger partial charge in [0.05, 0.1) is 17.8 Å². The number of nitrogens with zero attached hydrogens (tertiary/aromatic N) is 5. The molecule has 190 valence electrons. The van der Waals surface area contributed by atoms with E-state index in [-0.39, 0.29) is 18.2 Å². The summed E-state index contributed by atoms with van der Waals surface area (Å²) < 4.78 is 5.68. The van der Waals surface area contributed by atoms with Crippen molar-refractivity contribution in [2.75, 3.05) is 24.2 Å². The van der Waals surface area contributed by atoms with Gasteiger partial charge in [-0.2, -0.15) is 5.26 Å². The number of carbonyl (C=O) groups excluding carboxylic acids is 1. The van der Waals surface area contributed by atoms with E-state index in [1.54, 1.807) is 0 Å². The van der Waals surface area contributed by atoms with Crippen molar-refractivity contribution >= 4 is 46.6 Å². The zero-order valence-electron chi connectivity index (χ0n) is 21.6. The molecule has 2 aliphatic rings. The minimum absolute atomic E-state index is 0.0301. The largest absolute Gasteiger partial charge is 0.444 e. The summed E-state index contributed by atoms with van der Waals surface area (Å²) in [5, 5.41) is 13.1. The molecule has 2 atom stereocenters. The zero-order valence-corrected chi connectivity index (χ0v) is 22.5. The quantitative estimate of drug-likeness (QED) is 0.313. The summed E-state index contributed by atoms with van der Waals surface area (Å²) in [4.78, 5) is 26.4. The van der Waals surface area contributed by atoms with E-state index in [4.69, 9.17) is 9.72 Å². The van der Waals surface area contributed by atoms with Gasteiger partial charge in [-0.25, -0.2) is 14.8 Å². The molecule has 2 aromatic carbocycles. The summed E-state index contributed by atoms with van der Waals surface area (Å²) >= 11 is 1.46. The van der Waals surface area contributed by atoms with Gasteiger partial charge < -0.3 is 9.64 Å². The molecule has 3 heterocycles. The highest BCUT2D eigenvalue weighted by molar-refractivity contribution is 7.98. The molecule has 37 heavy (non-hydrogen) atoms. The van der Waals surface area contributed by atoms with E-state index < -0.39 is 5.60 Å². The first-order valence-electron chi connectivity index (χ1n) is 12.6. The summed E-state index contributed by atoms with van der Waals surface area (Å²) in [6.07, 6.45) is 7.44. The number of carbonyl (C=O) groups is 1. The van der Waals surface area contributed by atoms with E-state index >= 15 is 0 Å². The lowest BCUT2D eigenvalue weighted by atomic mass is 10.0. The van der Waals surface area contributed by atoms with Crippen LogP contribution in [0, 0.1) is 11.3 Å². The molecule has 0 saturated carbocycles.